The minimum absolute atomic E-state index is 0.417. The van der Waals surface area contributed by atoms with E-state index in [1.54, 1.807) is 4.68 Å². The maximum absolute atomic E-state index is 5.85. The summed E-state index contributed by atoms with van der Waals surface area (Å²) < 4.78 is 9.67. The molecule has 0 atom stereocenters. The molecule has 0 unspecified atom stereocenters. The van der Waals surface area contributed by atoms with Crippen molar-refractivity contribution in [1.82, 2.24) is 18.5 Å². The summed E-state index contributed by atoms with van der Waals surface area (Å²) in [5.74, 6) is 1.33. The molecule has 1 saturated carbocycles. The van der Waals surface area contributed by atoms with Crippen LogP contribution >= 0.6 is 23.3 Å². The van der Waals surface area contributed by atoms with Gasteiger partial charge >= 0.3 is 0 Å². The summed E-state index contributed by atoms with van der Waals surface area (Å²) in [6.07, 6.45) is 6.41. The van der Waals surface area contributed by atoms with E-state index in [0.717, 1.165) is 11.7 Å². The molecule has 0 aromatic carbocycles. The smallest absolute Gasteiger partial charge is 0.206 e. The molecule has 72 valence electrons. The van der Waals surface area contributed by atoms with E-state index in [4.69, 9.17) is 11.6 Å². The van der Waals surface area contributed by atoms with Crippen LogP contribution in [0.5, 0.6) is 0 Å². The molecule has 0 bridgehead atoms. The van der Waals surface area contributed by atoms with E-state index in [1.807, 2.05) is 12.4 Å². The lowest BCUT2D eigenvalue weighted by atomic mass is 10.2. The van der Waals surface area contributed by atoms with Crippen LogP contribution in [0.25, 0.3) is 5.82 Å². The van der Waals surface area contributed by atoms with E-state index in [2.05, 4.69) is 13.8 Å². The van der Waals surface area contributed by atoms with Crippen molar-refractivity contribution in [2.75, 3.05) is 0 Å². The molecule has 0 radical (unpaired) electrons. The molecule has 0 saturated heterocycles. The van der Waals surface area contributed by atoms with E-state index in [-0.39, 0.29) is 0 Å². The van der Waals surface area contributed by atoms with Gasteiger partial charge in [-0.15, -0.1) is 0 Å². The number of rotatable bonds is 2. The Morgan fingerprint density at radius 2 is 2.29 bits per heavy atom. The Morgan fingerprint density at radius 3 is 2.93 bits per heavy atom. The van der Waals surface area contributed by atoms with Crippen LogP contribution in [-0.4, -0.2) is 18.5 Å². The lowest BCUT2D eigenvalue weighted by Crippen LogP contribution is -1.94. The molecule has 14 heavy (non-hydrogen) atoms. The second-order valence-corrected chi connectivity index (χ2v) is 4.26. The molecule has 1 fully saturated rings. The van der Waals surface area contributed by atoms with Crippen LogP contribution in [0.4, 0.5) is 0 Å². The first-order valence-electron chi connectivity index (χ1n) is 4.37. The molecule has 3 rings (SSSR count). The molecule has 0 spiro atoms. The summed E-state index contributed by atoms with van der Waals surface area (Å²) >= 11 is 6.96. The van der Waals surface area contributed by atoms with Crippen LogP contribution in [0.15, 0.2) is 12.4 Å². The van der Waals surface area contributed by atoms with Crippen LogP contribution < -0.4 is 0 Å². The average molecular weight is 227 g/mol. The van der Waals surface area contributed by atoms with Crippen LogP contribution in [0, 0.1) is 0 Å². The lowest BCUT2D eigenvalue weighted by Gasteiger charge is -1.93. The van der Waals surface area contributed by atoms with Gasteiger partial charge in [-0.3, -0.25) is 0 Å². The maximum atomic E-state index is 5.85. The standard InChI is InChI=1S/C8H7ClN4S/c9-7-8(12-14-11-7)13-4-6(3-10-13)5-1-2-5/h3-5H,1-2H2. The SMILES string of the molecule is Clc1nsnc1-n1cc(C2CC2)cn1. The highest BCUT2D eigenvalue weighted by Crippen LogP contribution is 2.39. The molecule has 1 aliphatic rings. The number of halogens is 1. The Bertz CT molecular complexity index is 459. The van der Waals surface area contributed by atoms with E-state index in [9.17, 15) is 0 Å². The second kappa shape index (κ2) is 3.03. The summed E-state index contributed by atoms with van der Waals surface area (Å²) in [5.41, 5.74) is 1.27. The molecule has 4 nitrogen and oxygen atoms in total. The molecule has 2 aromatic rings. The molecular formula is C8H7ClN4S. The summed E-state index contributed by atoms with van der Waals surface area (Å²) in [4.78, 5) is 0. The van der Waals surface area contributed by atoms with Crippen molar-refractivity contribution in [3.63, 3.8) is 0 Å². The van der Waals surface area contributed by atoms with Crippen molar-refractivity contribution < 1.29 is 0 Å². The third-order valence-corrected chi connectivity index (χ3v) is 3.17. The molecule has 2 heterocycles. The van der Waals surface area contributed by atoms with Crippen molar-refractivity contribution in [1.29, 1.82) is 0 Å². The summed E-state index contributed by atoms with van der Waals surface area (Å²) in [6, 6.07) is 0. The van der Waals surface area contributed by atoms with Gasteiger partial charge in [0.15, 0.2) is 5.15 Å². The fourth-order valence-corrected chi connectivity index (χ4v) is 2.10. The van der Waals surface area contributed by atoms with E-state index < -0.39 is 0 Å². The fourth-order valence-electron chi connectivity index (χ4n) is 1.39. The van der Waals surface area contributed by atoms with Crippen LogP contribution in [0.2, 0.25) is 5.15 Å². The highest BCUT2D eigenvalue weighted by molar-refractivity contribution is 6.99. The minimum atomic E-state index is 0.417. The van der Waals surface area contributed by atoms with Crippen molar-refractivity contribution in [2.45, 2.75) is 18.8 Å². The molecule has 1 aliphatic carbocycles. The number of aromatic nitrogens is 4. The van der Waals surface area contributed by atoms with Crippen LogP contribution in [-0.2, 0) is 0 Å². The monoisotopic (exact) mass is 226 g/mol. The molecule has 0 aliphatic heterocycles. The Hall–Kier alpha value is -0.940. The van der Waals surface area contributed by atoms with Gasteiger partial charge < -0.3 is 0 Å². The third kappa shape index (κ3) is 1.33. The predicted octanol–water partition coefficient (Wildman–Crippen LogP) is 2.25. The Balaban J connectivity index is 1.99. The van der Waals surface area contributed by atoms with Gasteiger partial charge in [0, 0.05) is 6.20 Å². The van der Waals surface area contributed by atoms with Gasteiger partial charge in [-0.05, 0) is 24.3 Å². The Morgan fingerprint density at radius 1 is 1.43 bits per heavy atom. The Kier molecular flexibility index (Phi) is 1.81. The van der Waals surface area contributed by atoms with E-state index in [0.29, 0.717) is 16.9 Å². The van der Waals surface area contributed by atoms with Gasteiger partial charge in [-0.2, -0.15) is 13.8 Å². The first-order valence-corrected chi connectivity index (χ1v) is 5.48. The minimum Gasteiger partial charge on any atom is -0.219 e. The summed E-state index contributed by atoms with van der Waals surface area (Å²) in [5, 5.41) is 4.63. The molecule has 0 amide bonds. The van der Waals surface area contributed by atoms with E-state index >= 15 is 0 Å². The van der Waals surface area contributed by atoms with Gasteiger partial charge in [0.1, 0.15) is 0 Å². The molecule has 2 aromatic heterocycles. The zero-order chi connectivity index (χ0) is 9.54. The van der Waals surface area contributed by atoms with Gasteiger partial charge in [-0.25, -0.2) is 4.68 Å². The Labute approximate surface area is 89.8 Å². The van der Waals surface area contributed by atoms with Gasteiger partial charge in [-0.1, -0.05) is 11.6 Å². The van der Waals surface area contributed by atoms with Gasteiger partial charge in [0.05, 0.1) is 17.9 Å². The highest BCUT2D eigenvalue weighted by atomic mass is 35.5. The largest absolute Gasteiger partial charge is 0.219 e. The first-order chi connectivity index (χ1) is 6.84. The van der Waals surface area contributed by atoms with Crippen molar-refractivity contribution in [3.05, 3.63) is 23.1 Å². The molecular weight excluding hydrogens is 220 g/mol. The maximum Gasteiger partial charge on any atom is 0.206 e. The lowest BCUT2D eigenvalue weighted by molar-refractivity contribution is 0.858. The quantitative estimate of drug-likeness (QED) is 0.789. The summed E-state index contributed by atoms with van der Waals surface area (Å²) in [6.45, 7) is 0. The first kappa shape index (κ1) is 8.38. The highest BCUT2D eigenvalue weighted by Gasteiger charge is 2.25. The van der Waals surface area contributed by atoms with Crippen molar-refractivity contribution in [2.24, 2.45) is 0 Å². The van der Waals surface area contributed by atoms with Crippen molar-refractivity contribution >= 4 is 23.3 Å². The van der Waals surface area contributed by atoms with E-state index in [1.165, 1.54) is 18.4 Å². The molecule has 6 heteroatoms. The topological polar surface area (TPSA) is 43.6 Å². The zero-order valence-electron chi connectivity index (χ0n) is 7.22. The van der Waals surface area contributed by atoms with Crippen LogP contribution in [0.1, 0.15) is 24.3 Å². The third-order valence-electron chi connectivity index (χ3n) is 2.30. The number of nitrogens with zero attached hydrogens (tertiary/aromatic N) is 4. The summed E-state index contributed by atoms with van der Waals surface area (Å²) in [7, 11) is 0. The fraction of sp³-hybridized carbons (Fsp3) is 0.375. The predicted molar refractivity (Wildman–Crippen MR) is 54.0 cm³/mol. The van der Waals surface area contributed by atoms with Crippen molar-refractivity contribution in [3.8, 4) is 5.82 Å². The van der Waals surface area contributed by atoms with Crippen LogP contribution in [0.3, 0.4) is 0 Å². The second-order valence-electron chi connectivity index (χ2n) is 3.37. The molecule has 0 N–H and O–H groups in total. The average Bonchev–Trinajstić information content (AvgIpc) is 2.75. The van der Waals surface area contributed by atoms with Gasteiger partial charge in [0.2, 0.25) is 5.82 Å². The number of hydrogen-bond donors (Lipinski definition) is 0. The number of hydrogen-bond acceptors (Lipinski definition) is 4. The normalized spacial score (nSPS) is 16.1. The zero-order valence-corrected chi connectivity index (χ0v) is 8.79. The van der Waals surface area contributed by atoms with Gasteiger partial charge in [0.25, 0.3) is 0 Å².